The highest BCUT2D eigenvalue weighted by Crippen LogP contribution is 2.16. The lowest BCUT2D eigenvalue weighted by molar-refractivity contribution is 0.0125. The minimum atomic E-state index is -1.41. The Morgan fingerprint density at radius 1 is 1.38 bits per heavy atom. The lowest BCUT2D eigenvalue weighted by atomic mass is 10.1. The van der Waals surface area contributed by atoms with E-state index in [1.165, 1.54) is 0 Å². The van der Waals surface area contributed by atoms with Gasteiger partial charge in [0.15, 0.2) is 12.5 Å². The van der Waals surface area contributed by atoms with Crippen molar-refractivity contribution in [2.75, 3.05) is 0 Å². The topological polar surface area (TPSA) is 12.0 Å². The summed E-state index contributed by atoms with van der Waals surface area (Å²) >= 11 is 0. The zero-order chi connectivity index (χ0) is 5.44. The molecule has 0 radical (unpaired) electrons. The van der Waals surface area contributed by atoms with E-state index >= 15 is 0 Å². The molecule has 0 saturated carbocycles. The average Bonchev–Trinajstić information content (AvgIpc) is 1.68. The summed E-state index contributed by atoms with van der Waals surface area (Å²) in [6.07, 6.45) is -2.69. The number of halogens is 3. The molecule has 4 heteroatoms. The highest BCUT2D eigenvalue weighted by Gasteiger charge is 2.37. The molecule has 0 amide bonds. The van der Waals surface area contributed by atoms with Crippen LogP contribution in [0.5, 0.6) is 0 Å². The summed E-state index contributed by atoms with van der Waals surface area (Å²) in [5.74, 6) is 0. The molecule has 3 unspecified atom stereocenters. The van der Waals surface area contributed by atoms with Crippen LogP contribution in [0.4, 0.5) is 8.78 Å². The number of alkyl halides is 2. The molecule has 1 nitrogen and oxygen atoms in total. The fourth-order valence-electron chi connectivity index (χ4n) is 0.570. The molecule has 1 aliphatic heterocycles. The Labute approximate surface area is 52.9 Å². The van der Waals surface area contributed by atoms with Crippen LogP contribution in [-0.2, 0) is 0 Å². The molecule has 50 valence electrons. The van der Waals surface area contributed by atoms with Crippen LogP contribution in [0, 0.1) is 0 Å². The molecule has 3 atom stereocenters. The molecule has 0 bridgehead atoms. The molecule has 0 aromatic heterocycles. The van der Waals surface area contributed by atoms with Crippen molar-refractivity contribution in [1.29, 1.82) is 0 Å². The average molecular weight is 144 g/mol. The van der Waals surface area contributed by atoms with Gasteiger partial charge in [0.05, 0.1) is 0 Å². The Morgan fingerprint density at radius 3 is 1.88 bits per heavy atom. The Hall–Kier alpha value is 0.110. The predicted octanol–water partition coefficient (Wildman–Crippen LogP) is 1.03. The van der Waals surface area contributed by atoms with Gasteiger partial charge in [-0.3, -0.25) is 5.32 Å². The summed E-state index contributed by atoms with van der Waals surface area (Å²) in [6.45, 7) is 1.61. The van der Waals surface area contributed by atoms with E-state index in [9.17, 15) is 8.78 Å². The van der Waals surface area contributed by atoms with E-state index in [0.29, 0.717) is 0 Å². The van der Waals surface area contributed by atoms with E-state index in [1.54, 1.807) is 6.92 Å². The van der Waals surface area contributed by atoms with Gasteiger partial charge >= 0.3 is 0 Å². The smallest absolute Gasteiger partial charge is 0.184 e. The third-order valence-electron chi connectivity index (χ3n) is 1.18. The van der Waals surface area contributed by atoms with Crippen molar-refractivity contribution >= 4 is 12.4 Å². The van der Waals surface area contributed by atoms with Crippen LogP contribution >= 0.6 is 12.4 Å². The zero-order valence-electron chi connectivity index (χ0n) is 4.40. The van der Waals surface area contributed by atoms with Crippen molar-refractivity contribution < 1.29 is 8.78 Å². The molecule has 0 aromatic rings. The molecule has 1 saturated heterocycles. The minimum absolute atomic E-state index is 0. The molecule has 1 N–H and O–H groups in total. The van der Waals surface area contributed by atoms with E-state index in [4.69, 9.17) is 0 Å². The third kappa shape index (κ3) is 1.09. The molecule has 0 aliphatic carbocycles. The summed E-state index contributed by atoms with van der Waals surface area (Å²) < 4.78 is 23.5. The normalized spacial score (nSPS) is 44.6. The van der Waals surface area contributed by atoms with Gasteiger partial charge in [-0.05, 0) is 6.92 Å². The van der Waals surface area contributed by atoms with Crippen molar-refractivity contribution in [2.45, 2.75) is 25.4 Å². The van der Waals surface area contributed by atoms with Crippen molar-refractivity contribution in [1.82, 2.24) is 5.32 Å². The van der Waals surface area contributed by atoms with Crippen LogP contribution in [-0.4, -0.2) is 18.5 Å². The lowest BCUT2D eigenvalue weighted by Gasteiger charge is -2.32. The number of nitrogens with one attached hydrogen (secondary N) is 1. The maximum atomic E-state index is 11.9. The fourth-order valence-corrected chi connectivity index (χ4v) is 0.570. The van der Waals surface area contributed by atoms with Gasteiger partial charge in [0.25, 0.3) is 0 Å². The molecule has 1 heterocycles. The monoisotopic (exact) mass is 143 g/mol. The van der Waals surface area contributed by atoms with Gasteiger partial charge in [0.1, 0.15) is 0 Å². The number of hydrogen-bond acceptors (Lipinski definition) is 1. The molecule has 0 aromatic carbocycles. The van der Waals surface area contributed by atoms with Crippen LogP contribution in [0.1, 0.15) is 6.92 Å². The second-order valence-electron chi connectivity index (χ2n) is 1.80. The molecule has 1 aliphatic rings. The van der Waals surface area contributed by atoms with Crippen LogP contribution in [0.3, 0.4) is 0 Å². The standard InChI is InChI=1S/C4H7F2N.ClH/c1-2-3(5)4(6)7-2;/h2-4,7H,1H3;1H. The molecular weight excluding hydrogens is 136 g/mol. The van der Waals surface area contributed by atoms with Gasteiger partial charge < -0.3 is 0 Å². The van der Waals surface area contributed by atoms with Gasteiger partial charge in [-0.2, -0.15) is 0 Å². The van der Waals surface area contributed by atoms with Crippen molar-refractivity contribution in [3.63, 3.8) is 0 Å². The van der Waals surface area contributed by atoms with Gasteiger partial charge in [0.2, 0.25) is 0 Å². The first-order valence-corrected chi connectivity index (χ1v) is 2.26. The van der Waals surface area contributed by atoms with Gasteiger partial charge in [0, 0.05) is 6.04 Å². The van der Waals surface area contributed by atoms with Crippen LogP contribution in [0.15, 0.2) is 0 Å². The van der Waals surface area contributed by atoms with Gasteiger partial charge in [-0.1, -0.05) is 0 Å². The maximum absolute atomic E-state index is 11.9. The van der Waals surface area contributed by atoms with Gasteiger partial charge in [-0.25, -0.2) is 8.78 Å². The SMILES string of the molecule is CC1NC(F)C1F.Cl. The molecule has 1 rings (SSSR count). The zero-order valence-corrected chi connectivity index (χ0v) is 5.21. The molecule has 1 fully saturated rings. The summed E-state index contributed by atoms with van der Waals surface area (Å²) in [4.78, 5) is 0. The van der Waals surface area contributed by atoms with Crippen LogP contribution < -0.4 is 5.32 Å². The largest absolute Gasteiger partial charge is 0.280 e. The maximum Gasteiger partial charge on any atom is 0.184 e. The highest BCUT2D eigenvalue weighted by molar-refractivity contribution is 5.85. The quantitative estimate of drug-likeness (QED) is 0.500. The van der Waals surface area contributed by atoms with Gasteiger partial charge in [-0.15, -0.1) is 12.4 Å². The summed E-state index contributed by atoms with van der Waals surface area (Å²) in [5, 5.41) is 2.31. The molecular formula is C4H8ClF2N. The number of rotatable bonds is 0. The van der Waals surface area contributed by atoms with Crippen molar-refractivity contribution in [3.8, 4) is 0 Å². The first kappa shape index (κ1) is 8.11. The van der Waals surface area contributed by atoms with E-state index in [0.717, 1.165) is 0 Å². The Morgan fingerprint density at radius 2 is 1.88 bits per heavy atom. The van der Waals surface area contributed by atoms with E-state index in [-0.39, 0.29) is 18.4 Å². The van der Waals surface area contributed by atoms with Crippen molar-refractivity contribution in [3.05, 3.63) is 0 Å². The summed E-state index contributed by atoms with van der Waals surface area (Å²) in [6, 6.07) is -0.282. The Bertz CT molecular complexity index is 72.4. The van der Waals surface area contributed by atoms with Crippen LogP contribution in [0.25, 0.3) is 0 Å². The second kappa shape index (κ2) is 2.60. The first-order valence-electron chi connectivity index (χ1n) is 2.26. The summed E-state index contributed by atoms with van der Waals surface area (Å²) in [5.41, 5.74) is 0. The van der Waals surface area contributed by atoms with E-state index in [2.05, 4.69) is 5.32 Å². The minimum Gasteiger partial charge on any atom is -0.280 e. The number of hydrogen-bond donors (Lipinski definition) is 1. The lowest BCUT2D eigenvalue weighted by Crippen LogP contribution is -2.59. The second-order valence-corrected chi connectivity index (χ2v) is 1.80. The Kier molecular flexibility index (Phi) is 2.63. The Balaban J connectivity index is 0.000000490. The van der Waals surface area contributed by atoms with E-state index in [1.807, 2.05) is 0 Å². The molecule has 8 heavy (non-hydrogen) atoms. The van der Waals surface area contributed by atoms with E-state index < -0.39 is 12.5 Å². The first-order chi connectivity index (χ1) is 3.22. The predicted molar refractivity (Wildman–Crippen MR) is 29.6 cm³/mol. The summed E-state index contributed by atoms with van der Waals surface area (Å²) in [7, 11) is 0. The highest BCUT2D eigenvalue weighted by atomic mass is 35.5. The third-order valence-corrected chi connectivity index (χ3v) is 1.18. The molecule has 0 spiro atoms. The van der Waals surface area contributed by atoms with Crippen molar-refractivity contribution in [2.24, 2.45) is 0 Å². The fraction of sp³-hybridized carbons (Fsp3) is 1.00. The van der Waals surface area contributed by atoms with Crippen LogP contribution in [0.2, 0.25) is 0 Å².